The van der Waals surface area contributed by atoms with E-state index in [0.717, 1.165) is 24.0 Å². The molecule has 0 aliphatic heterocycles. The monoisotopic (exact) mass is 240 g/mol. The summed E-state index contributed by atoms with van der Waals surface area (Å²) in [4.78, 5) is 19.8. The molecule has 0 radical (unpaired) electrons. The second kappa shape index (κ2) is 6.64. The first-order valence-corrected chi connectivity index (χ1v) is 6.14. The maximum absolute atomic E-state index is 11.7. The van der Waals surface area contributed by atoms with Crippen LogP contribution in [0, 0.1) is 0 Å². The molecule has 3 nitrogen and oxygen atoms in total. The van der Waals surface area contributed by atoms with Gasteiger partial charge in [-0.05, 0) is 36.1 Å². The van der Waals surface area contributed by atoms with Gasteiger partial charge in [0.1, 0.15) is 5.78 Å². The molecule has 2 rings (SSSR count). The van der Waals surface area contributed by atoms with Crippen LogP contribution in [0.5, 0.6) is 0 Å². The third kappa shape index (κ3) is 4.09. The zero-order valence-electron chi connectivity index (χ0n) is 10.2. The van der Waals surface area contributed by atoms with Crippen LogP contribution in [0.3, 0.4) is 0 Å². The predicted octanol–water partition coefficient (Wildman–Crippen LogP) is 2.61. The number of ketones is 1. The standard InChI is InChI=1S/C15H16N2O/c18-15(7-5-13-3-1-9-16-11-13)8-6-14-4-2-10-17-12-14/h1-4,9-12H,5-8H2. The Kier molecular flexibility index (Phi) is 4.59. The van der Waals surface area contributed by atoms with Gasteiger partial charge in [-0.25, -0.2) is 0 Å². The number of carbonyl (C=O) groups is 1. The molecule has 0 N–H and O–H groups in total. The van der Waals surface area contributed by atoms with E-state index < -0.39 is 0 Å². The van der Waals surface area contributed by atoms with Crippen molar-refractivity contribution in [1.82, 2.24) is 9.97 Å². The molecule has 18 heavy (non-hydrogen) atoms. The fourth-order valence-electron chi connectivity index (χ4n) is 1.78. The summed E-state index contributed by atoms with van der Waals surface area (Å²) in [7, 11) is 0. The molecule has 0 amide bonds. The van der Waals surface area contributed by atoms with Gasteiger partial charge in [-0.3, -0.25) is 14.8 Å². The van der Waals surface area contributed by atoms with E-state index in [1.165, 1.54) is 0 Å². The molecule has 0 spiro atoms. The lowest BCUT2D eigenvalue weighted by atomic mass is 10.0. The maximum atomic E-state index is 11.7. The number of rotatable bonds is 6. The summed E-state index contributed by atoms with van der Waals surface area (Å²) in [5, 5.41) is 0. The first-order chi connectivity index (χ1) is 8.84. The Morgan fingerprint density at radius 1 is 0.889 bits per heavy atom. The van der Waals surface area contributed by atoms with Gasteiger partial charge in [0.05, 0.1) is 0 Å². The van der Waals surface area contributed by atoms with Crippen molar-refractivity contribution in [3.05, 3.63) is 60.2 Å². The lowest BCUT2D eigenvalue weighted by molar-refractivity contribution is -0.119. The van der Waals surface area contributed by atoms with Gasteiger partial charge in [0.25, 0.3) is 0 Å². The highest BCUT2D eigenvalue weighted by atomic mass is 16.1. The van der Waals surface area contributed by atoms with Gasteiger partial charge < -0.3 is 0 Å². The Hall–Kier alpha value is -2.03. The van der Waals surface area contributed by atoms with E-state index in [4.69, 9.17) is 0 Å². The zero-order chi connectivity index (χ0) is 12.6. The van der Waals surface area contributed by atoms with Crippen molar-refractivity contribution < 1.29 is 4.79 Å². The minimum absolute atomic E-state index is 0.294. The SMILES string of the molecule is O=C(CCc1cccnc1)CCc1cccnc1. The third-order valence-corrected chi connectivity index (χ3v) is 2.83. The number of hydrogen-bond donors (Lipinski definition) is 0. The molecule has 0 unspecified atom stereocenters. The average molecular weight is 240 g/mol. The van der Waals surface area contributed by atoms with Gasteiger partial charge in [0, 0.05) is 37.6 Å². The number of pyridine rings is 2. The first kappa shape index (κ1) is 12.4. The van der Waals surface area contributed by atoms with Crippen molar-refractivity contribution in [2.24, 2.45) is 0 Å². The Bertz CT molecular complexity index is 437. The average Bonchev–Trinajstić information content (AvgIpc) is 2.45. The minimum Gasteiger partial charge on any atom is -0.300 e. The molecule has 0 aliphatic rings. The minimum atomic E-state index is 0.294. The number of aromatic nitrogens is 2. The second-order valence-electron chi connectivity index (χ2n) is 4.26. The van der Waals surface area contributed by atoms with Crippen LogP contribution in [0.15, 0.2) is 49.1 Å². The molecule has 2 heterocycles. The summed E-state index contributed by atoms with van der Waals surface area (Å²) in [5.41, 5.74) is 2.24. The number of carbonyl (C=O) groups excluding carboxylic acids is 1. The fraction of sp³-hybridized carbons (Fsp3) is 0.267. The predicted molar refractivity (Wildman–Crippen MR) is 70.1 cm³/mol. The van der Waals surface area contributed by atoms with Crippen molar-refractivity contribution in [2.75, 3.05) is 0 Å². The second-order valence-corrected chi connectivity index (χ2v) is 4.26. The number of hydrogen-bond acceptors (Lipinski definition) is 3. The molecule has 0 fully saturated rings. The van der Waals surface area contributed by atoms with Gasteiger partial charge in [-0.1, -0.05) is 12.1 Å². The normalized spacial score (nSPS) is 10.2. The van der Waals surface area contributed by atoms with Crippen molar-refractivity contribution >= 4 is 5.78 Å². The fourth-order valence-corrected chi connectivity index (χ4v) is 1.78. The van der Waals surface area contributed by atoms with E-state index in [0.29, 0.717) is 18.6 Å². The highest BCUT2D eigenvalue weighted by Crippen LogP contribution is 2.06. The quantitative estimate of drug-likeness (QED) is 0.779. The lowest BCUT2D eigenvalue weighted by Gasteiger charge is -2.01. The van der Waals surface area contributed by atoms with Crippen LogP contribution < -0.4 is 0 Å². The van der Waals surface area contributed by atoms with Crippen molar-refractivity contribution in [3.63, 3.8) is 0 Å². The Labute approximate surface area is 107 Å². The Balaban J connectivity index is 1.73. The third-order valence-electron chi connectivity index (χ3n) is 2.83. The molecule has 0 atom stereocenters. The topological polar surface area (TPSA) is 42.9 Å². The van der Waals surface area contributed by atoms with Gasteiger partial charge in [-0.2, -0.15) is 0 Å². The van der Waals surface area contributed by atoms with E-state index in [-0.39, 0.29) is 0 Å². The van der Waals surface area contributed by atoms with E-state index in [9.17, 15) is 4.79 Å². The Morgan fingerprint density at radius 2 is 1.39 bits per heavy atom. The van der Waals surface area contributed by atoms with Crippen LogP contribution in [-0.2, 0) is 17.6 Å². The van der Waals surface area contributed by atoms with Crippen LogP contribution in [0.4, 0.5) is 0 Å². The number of Topliss-reactive ketones (excluding diaryl/α,β-unsaturated/α-hetero) is 1. The molecular formula is C15H16N2O. The van der Waals surface area contributed by atoms with Crippen LogP contribution in [0.2, 0.25) is 0 Å². The summed E-state index contributed by atoms with van der Waals surface area (Å²) in [6.45, 7) is 0. The van der Waals surface area contributed by atoms with Gasteiger partial charge >= 0.3 is 0 Å². The molecule has 0 aliphatic carbocycles. The highest BCUT2D eigenvalue weighted by molar-refractivity contribution is 5.78. The highest BCUT2D eigenvalue weighted by Gasteiger charge is 2.03. The largest absolute Gasteiger partial charge is 0.300 e. The molecule has 0 bridgehead atoms. The number of aryl methyl sites for hydroxylation is 2. The van der Waals surface area contributed by atoms with Crippen LogP contribution in [0.1, 0.15) is 24.0 Å². The molecule has 92 valence electrons. The summed E-state index contributed by atoms with van der Waals surface area (Å²) in [6.07, 6.45) is 9.85. The van der Waals surface area contributed by atoms with Crippen molar-refractivity contribution in [2.45, 2.75) is 25.7 Å². The lowest BCUT2D eigenvalue weighted by Crippen LogP contribution is -2.02. The molecule has 0 saturated carbocycles. The van der Waals surface area contributed by atoms with E-state index in [1.54, 1.807) is 12.4 Å². The van der Waals surface area contributed by atoms with Crippen molar-refractivity contribution in [3.8, 4) is 0 Å². The van der Waals surface area contributed by atoms with E-state index in [2.05, 4.69) is 9.97 Å². The Morgan fingerprint density at radius 3 is 1.78 bits per heavy atom. The van der Waals surface area contributed by atoms with E-state index in [1.807, 2.05) is 36.7 Å². The van der Waals surface area contributed by atoms with Gasteiger partial charge in [0.2, 0.25) is 0 Å². The maximum Gasteiger partial charge on any atom is 0.133 e. The molecular weight excluding hydrogens is 224 g/mol. The van der Waals surface area contributed by atoms with Gasteiger partial charge in [-0.15, -0.1) is 0 Å². The van der Waals surface area contributed by atoms with Crippen LogP contribution in [0.25, 0.3) is 0 Å². The van der Waals surface area contributed by atoms with Gasteiger partial charge in [0.15, 0.2) is 0 Å². The van der Waals surface area contributed by atoms with E-state index >= 15 is 0 Å². The van der Waals surface area contributed by atoms with Crippen molar-refractivity contribution in [1.29, 1.82) is 0 Å². The van der Waals surface area contributed by atoms with Crippen LogP contribution >= 0.6 is 0 Å². The molecule has 2 aromatic rings. The summed E-state index contributed by atoms with van der Waals surface area (Å²) in [6, 6.07) is 7.80. The first-order valence-electron chi connectivity index (χ1n) is 6.14. The van der Waals surface area contributed by atoms with Crippen LogP contribution in [-0.4, -0.2) is 15.8 Å². The number of nitrogens with zero attached hydrogens (tertiary/aromatic N) is 2. The zero-order valence-corrected chi connectivity index (χ0v) is 10.2. The molecule has 3 heteroatoms. The summed E-state index contributed by atoms with van der Waals surface area (Å²) >= 11 is 0. The summed E-state index contributed by atoms with van der Waals surface area (Å²) < 4.78 is 0. The molecule has 0 aromatic carbocycles. The molecule has 0 saturated heterocycles. The smallest absolute Gasteiger partial charge is 0.133 e. The summed E-state index contributed by atoms with van der Waals surface area (Å²) in [5.74, 6) is 0.294. The molecule has 2 aromatic heterocycles.